The Balaban J connectivity index is 0.00000148. The highest BCUT2D eigenvalue weighted by molar-refractivity contribution is 7.97. The molecule has 1 atom stereocenters. The third-order valence-electron chi connectivity index (χ3n) is 6.09. The third kappa shape index (κ3) is 5.99. The van der Waals surface area contributed by atoms with Crippen LogP contribution in [-0.2, 0) is 10.3 Å². The number of benzene rings is 2. The average Bonchev–Trinajstić information content (AvgIpc) is 3.16. The number of fused-ring (bicyclic) bond motifs is 2. The zero-order chi connectivity index (χ0) is 25.9. The summed E-state index contributed by atoms with van der Waals surface area (Å²) in [5, 5.41) is 0.683. The number of ether oxygens (including phenoxy) is 2. The lowest BCUT2D eigenvalue weighted by Gasteiger charge is -2.38. The predicted molar refractivity (Wildman–Crippen MR) is 136 cm³/mol. The maximum Gasteiger partial charge on any atom is 0.573 e. The van der Waals surface area contributed by atoms with E-state index in [9.17, 15) is 13.2 Å². The summed E-state index contributed by atoms with van der Waals surface area (Å²) >= 11 is 7.85. The van der Waals surface area contributed by atoms with Gasteiger partial charge in [-0.2, -0.15) is 0 Å². The van der Waals surface area contributed by atoms with E-state index in [1.807, 2.05) is 39.0 Å². The summed E-state index contributed by atoms with van der Waals surface area (Å²) in [5.41, 5.74) is 3.68. The summed E-state index contributed by atoms with van der Waals surface area (Å²) in [6.45, 7) is 7.52. The molecular weight excluding hydrogens is 509 g/mol. The molecule has 1 unspecified atom stereocenters. The molecule has 0 amide bonds. The van der Waals surface area contributed by atoms with Crippen LogP contribution >= 0.6 is 23.5 Å². The quantitative estimate of drug-likeness (QED) is 0.315. The summed E-state index contributed by atoms with van der Waals surface area (Å²) in [5.74, 6) is -0.223. The van der Waals surface area contributed by atoms with E-state index < -0.39 is 12.0 Å². The monoisotopic (exact) mass is 536 g/mol. The van der Waals surface area contributed by atoms with Crippen LogP contribution in [0.2, 0.25) is 5.02 Å². The second-order valence-corrected chi connectivity index (χ2v) is 10.1. The van der Waals surface area contributed by atoms with E-state index >= 15 is 0 Å². The van der Waals surface area contributed by atoms with Crippen LogP contribution in [-0.4, -0.2) is 28.7 Å². The zero-order valence-electron chi connectivity index (χ0n) is 20.3. The molecule has 1 spiro atoms. The molecule has 9 heteroatoms. The summed E-state index contributed by atoms with van der Waals surface area (Å²) in [7, 11) is 0. The molecule has 2 aliphatic heterocycles. The van der Waals surface area contributed by atoms with Gasteiger partial charge in [0.15, 0.2) is 0 Å². The van der Waals surface area contributed by atoms with Gasteiger partial charge in [0.1, 0.15) is 17.5 Å². The maximum absolute atomic E-state index is 12.4. The molecule has 0 aliphatic carbocycles. The molecule has 2 aromatic carbocycles. The summed E-state index contributed by atoms with van der Waals surface area (Å²) in [6.07, 6.45) is -1.59. The van der Waals surface area contributed by atoms with Gasteiger partial charge in [-0.25, -0.2) is 4.31 Å². The number of hydrogen-bond donors (Lipinski definition) is 0. The van der Waals surface area contributed by atoms with Gasteiger partial charge in [0, 0.05) is 34.8 Å². The Morgan fingerprint density at radius 3 is 2.42 bits per heavy atom. The van der Waals surface area contributed by atoms with Crippen LogP contribution in [0.5, 0.6) is 5.75 Å². The molecular formula is C27H28ClF3N2O2S. The van der Waals surface area contributed by atoms with Crippen molar-refractivity contribution in [1.82, 2.24) is 9.29 Å². The first kappa shape index (κ1) is 26.8. The highest BCUT2D eigenvalue weighted by Gasteiger charge is 2.48. The molecule has 3 aromatic rings. The highest BCUT2D eigenvalue weighted by Crippen LogP contribution is 2.51. The van der Waals surface area contributed by atoms with Gasteiger partial charge in [0.25, 0.3) is 0 Å². The fourth-order valence-electron chi connectivity index (χ4n) is 4.66. The minimum Gasteiger partial charge on any atom is -0.406 e. The lowest BCUT2D eigenvalue weighted by Crippen LogP contribution is -2.40. The number of rotatable bonds is 4. The van der Waals surface area contributed by atoms with E-state index in [1.165, 1.54) is 24.1 Å². The van der Waals surface area contributed by atoms with Crippen LogP contribution < -0.4 is 4.74 Å². The number of aromatic nitrogens is 1. The van der Waals surface area contributed by atoms with Crippen molar-refractivity contribution in [1.29, 1.82) is 0 Å². The third-order valence-corrected chi connectivity index (χ3v) is 7.41. The molecule has 192 valence electrons. The molecule has 5 rings (SSSR count). The molecule has 0 bridgehead atoms. The zero-order valence-corrected chi connectivity index (χ0v) is 21.9. The number of alkyl halides is 3. The van der Waals surface area contributed by atoms with E-state index in [1.54, 1.807) is 18.3 Å². The Hall–Kier alpha value is -2.26. The highest BCUT2D eigenvalue weighted by atomic mass is 35.5. The second kappa shape index (κ2) is 11.0. The molecule has 2 aliphatic rings. The smallest absolute Gasteiger partial charge is 0.406 e. The van der Waals surface area contributed by atoms with Crippen LogP contribution in [0.25, 0.3) is 0 Å². The van der Waals surface area contributed by atoms with Crippen LogP contribution in [0.15, 0.2) is 65.7 Å². The van der Waals surface area contributed by atoms with Crippen molar-refractivity contribution >= 4 is 23.5 Å². The Kier molecular flexibility index (Phi) is 8.19. The molecule has 4 nitrogen and oxygen atoms in total. The first-order valence-corrected chi connectivity index (χ1v) is 13.0. The molecule has 1 fully saturated rings. The fraction of sp³-hybridized carbons (Fsp3) is 0.370. The lowest BCUT2D eigenvalue weighted by molar-refractivity contribution is -0.274. The van der Waals surface area contributed by atoms with Crippen LogP contribution in [0.3, 0.4) is 0 Å². The van der Waals surface area contributed by atoms with Gasteiger partial charge in [-0.1, -0.05) is 37.6 Å². The number of pyridine rings is 1. The predicted octanol–water partition coefficient (Wildman–Crippen LogP) is 8.09. The maximum atomic E-state index is 12.4. The Morgan fingerprint density at radius 1 is 1.08 bits per heavy atom. The van der Waals surface area contributed by atoms with E-state index in [4.69, 9.17) is 21.3 Å². The van der Waals surface area contributed by atoms with Crippen molar-refractivity contribution in [3.63, 3.8) is 0 Å². The Bertz CT molecular complexity index is 1160. The minimum absolute atomic E-state index is 0.221. The number of halogens is 4. The van der Waals surface area contributed by atoms with Gasteiger partial charge < -0.3 is 9.47 Å². The summed E-state index contributed by atoms with van der Waals surface area (Å²) in [4.78, 5) is 5.57. The van der Waals surface area contributed by atoms with Crippen molar-refractivity contribution < 1.29 is 22.6 Å². The van der Waals surface area contributed by atoms with Crippen molar-refractivity contribution in [3.8, 4) is 5.75 Å². The van der Waals surface area contributed by atoms with E-state index in [-0.39, 0.29) is 11.9 Å². The van der Waals surface area contributed by atoms with Crippen molar-refractivity contribution in [3.05, 3.63) is 88.2 Å². The van der Waals surface area contributed by atoms with Gasteiger partial charge in [0.05, 0.1) is 5.69 Å². The van der Waals surface area contributed by atoms with Gasteiger partial charge in [-0.05, 0) is 85.3 Å². The van der Waals surface area contributed by atoms with Crippen LogP contribution in [0.4, 0.5) is 13.2 Å². The summed E-state index contributed by atoms with van der Waals surface area (Å²) in [6, 6.07) is 15.9. The number of hydrogen-bond acceptors (Lipinski definition) is 5. The number of nitrogens with zero attached hydrogens (tertiary/aromatic N) is 2. The topological polar surface area (TPSA) is 34.6 Å². The standard InChI is InChI=1S/C25H22ClF3N2O2S.C2H6/c1-16-13-17(15-18(26)14-16)22-21-3-2-10-30-23(21)24(33-22)8-11-31(12-9-24)34-20-6-4-19(5-7-20)32-25(27,28)29;1-2/h2-7,10,13-15,22H,8-9,11-12H2,1H3;1-2H3. The van der Waals surface area contributed by atoms with Crippen molar-refractivity contribution in [2.75, 3.05) is 13.1 Å². The first-order chi connectivity index (χ1) is 17.2. The van der Waals surface area contributed by atoms with Gasteiger partial charge >= 0.3 is 6.36 Å². The van der Waals surface area contributed by atoms with Crippen molar-refractivity contribution in [2.24, 2.45) is 0 Å². The molecule has 1 aromatic heterocycles. The summed E-state index contributed by atoms with van der Waals surface area (Å²) < 4.78 is 50.0. The number of aryl methyl sites for hydroxylation is 1. The Morgan fingerprint density at radius 2 is 1.78 bits per heavy atom. The van der Waals surface area contributed by atoms with E-state index in [2.05, 4.69) is 21.2 Å². The fourth-order valence-corrected chi connectivity index (χ4v) is 5.88. The van der Waals surface area contributed by atoms with Crippen LogP contribution in [0.1, 0.15) is 55.2 Å². The first-order valence-electron chi connectivity index (χ1n) is 11.9. The van der Waals surface area contributed by atoms with E-state index in [0.717, 1.165) is 53.2 Å². The largest absolute Gasteiger partial charge is 0.573 e. The van der Waals surface area contributed by atoms with Gasteiger partial charge in [-0.3, -0.25) is 4.98 Å². The van der Waals surface area contributed by atoms with Crippen LogP contribution in [0, 0.1) is 6.92 Å². The van der Waals surface area contributed by atoms with Crippen molar-refractivity contribution in [2.45, 2.75) is 56.6 Å². The molecule has 3 heterocycles. The van der Waals surface area contributed by atoms with Gasteiger partial charge in [-0.15, -0.1) is 13.2 Å². The Labute approximate surface area is 218 Å². The molecule has 36 heavy (non-hydrogen) atoms. The van der Waals surface area contributed by atoms with Gasteiger partial charge in [0.2, 0.25) is 0 Å². The minimum atomic E-state index is -4.69. The SMILES string of the molecule is CC.Cc1cc(Cl)cc(C2OC3(CCN(Sc4ccc(OC(F)(F)F)cc4)CC3)c3ncccc32)c1. The lowest BCUT2D eigenvalue weighted by atomic mass is 9.87. The molecule has 0 N–H and O–H groups in total. The molecule has 0 radical (unpaired) electrons. The average molecular weight is 537 g/mol. The van der Waals surface area contributed by atoms with E-state index in [0.29, 0.717) is 5.02 Å². The second-order valence-electron chi connectivity index (χ2n) is 8.53. The molecule has 1 saturated heterocycles. The normalized spacial score (nSPS) is 18.9. The molecule has 0 saturated carbocycles. The number of piperidine rings is 1.